The number of aryl methyl sites for hydroxylation is 1. The Bertz CT molecular complexity index is 281. The second-order valence-corrected chi connectivity index (χ2v) is 2.54. The second kappa shape index (κ2) is 5.50. The van der Waals surface area contributed by atoms with Crippen LogP contribution in [0, 0.1) is 0 Å². The highest BCUT2D eigenvalue weighted by atomic mass is 16.5. The number of H-pyrrole nitrogens is 1. The lowest BCUT2D eigenvalue weighted by atomic mass is 10.4. The number of aliphatic hydroxyl groups excluding tert-OH is 1. The predicted molar refractivity (Wildman–Crippen MR) is 45.4 cm³/mol. The summed E-state index contributed by atoms with van der Waals surface area (Å²) in [6.45, 7) is 1.50. The smallest absolute Gasteiger partial charge is 0.343 e. The molecule has 13 heavy (non-hydrogen) atoms. The van der Waals surface area contributed by atoms with E-state index >= 15 is 0 Å². The van der Waals surface area contributed by atoms with Crippen molar-refractivity contribution in [1.29, 1.82) is 0 Å². The molecule has 6 heteroatoms. The average molecular weight is 187 g/mol. The van der Waals surface area contributed by atoms with E-state index in [2.05, 4.69) is 10.2 Å². The van der Waals surface area contributed by atoms with Crippen LogP contribution in [0.15, 0.2) is 11.1 Å². The summed E-state index contributed by atoms with van der Waals surface area (Å²) in [6.07, 6.45) is 2.19. The van der Waals surface area contributed by atoms with Crippen LogP contribution in [0.5, 0.6) is 0 Å². The van der Waals surface area contributed by atoms with Crippen LogP contribution in [0.25, 0.3) is 0 Å². The van der Waals surface area contributed by atoms with Crippen LogP contribution in [0.3, 0.4) is 0 Å². The third-order valence-electron chi connectivity index (χ3n) is 1.54. The molecule has 74 valence electrons. The molecule has 0 atom stereocenters. The maximum absolute atomic E-state index is 10.9. The molecule has 0 aliphatic carbocycles. The molecule has 0 unspecified atom stereocenters. The fourth-order valence-corrected chi connectivity index (χ4v) is 0.933. The van der Waals surface area contributed by atoms with Crippen molar-refractivity contribution in [3.63, 3.8) is 0 Å². The highest BCUT2D eigenvalue weighted by Gasteiger charge is 1.95. The van der Waals surface area contributed by atoms with Gasteiger partial charge in [-0.05, 0) is 6.42 Å². The van der Waals surface area contributed by atoms with Gasteiger partial charge >= 0.3 is 5.69 Å². The zero-order valence-electron chi connectivity index (χ0n) is 7.27. The Morgan fingerprint density at radius 3 is 3.08 bits per heavy atom. The summed E-state index contributed by atoms with van der Waals surface area (Å²) in [5.74, 6) is 0. The molecular formula is C7H13N3O3. The molecule has 0 saturated carbocycles. The molecule has 0 aromatic carbocycles. The maximum atomic E-state index is 10.9. The van der Waals surface area contributed by atoms with Gasteiger partial charge in [-0.3, -0.25) is 4.57 Å². The van der Waals surface area contributed by atoms with E-state index in [-0.39, 0.29) is 12.3 Å². The van der Waals surface area contributed by atoms with Crippen LogP contribution in [-0.2, 0) is 11.3 Å². The number of hydrogen-bond acceptors (Lipinski definition) is 4. The maximum Gasteiger partial charge on any atom is 0.343 e. The van der Waals surface area contributed by atoms with Crippen molar-refractivity contribution < 1.29 is 9.84 Å². The highest BCUT2D eigenvalue weighted by molar-refractivity contribution is 4.62. The molecule has 2 N–H and O–H groups in total. The van der Waals surface area contributed by atoms with Gasteiger partial charge in [-0.15, -0.1) is 0 Å². The minimum atomic E-state index is -0.206. The Kier molecular flexibility index (Phi) is 4.20. The Labute approximate surface area is 75.2 Å². The molecule has 1 rings (SSSR count). The minimum Gasteiger partial charge on any atom is -0.394 e. The van der Waals surface area contributed by atoms with E-state index in [0.29, 0.717) is 19.8 Å². The summed E-state index contributed by atoms with van der Waals surface area (Å²) in [6, 6.07) is 0. The third kappa shape index (κ3) is 3.39. The van der Waals surface area contributed by atoms with E-state index in [1.54, 1.807) is 0 Å². The van der Waals surface area contributed by atoms with E-state index in [4.69, 9.17) is 9.84 Å². The van der Waals surface area contributed by atoms with Gasteiger partial charge in [0.05, 0.1) is 13.2 Å². The number of aliphatic hydroxyl groups is 1. The molecule has 0 fully saturated rings. The van der Waals surface area contributed by atoms with Crippen LogP contribution in [0.4, 0.5) is 0 Å². The van der Waals surface area contributed by atoms with Crippen LogP contribution in [0.1, 0.15) is 6.42 Å². The lowest BCUT2D eigenvalue weighted by Crippen LogP contribution is -2.17. The standard InChI is InChI=1S/C7H13N3O3/c11-3-5-13-4-1-2-10-6-8-9-7(10)12/h6,11H,1-5H2,(H,9,12). The number of rotatable bonds is 6. The molecule has 1 heterocycles. The van der Waals surface area contributed by atoms with E-state index in [1.165, 1.54) is 10.9 Å². The lowest BCUT2D eigenvalue weighted by Gasteiger charge is -2.01. The zero-order valence-corrected chi connectivity index (χ0v) is 7.27. The molecule has 0 saturated heterocycles. The summed E-state index contributed by atoms with van der Waals surface area (Å²) in [7, 11) is 0. The Hall–Kier alpha value is -1.14. The summed E-state index contributed by atoms with van der Waals surface area (Å²) in [5, 5.41) is 14.3. The van der Waals surface area contributed by atoms with Gasteiger partial charge in [-0.25, -0.2) is 9.89 Å². The third-order valence-corrected chi connectivity index (χ3v) is 1.54. The molecule has 1 aromatic heterocycles. The van der Waals surface area contributed by atoms with Gasteiger partial charge in [0.15, 0.2) is 0 Å². The van der Waals surface area contributed by atoms with Crippen molar-refractivity contribution in [3.05, 3.63) is 16.8 Å². The molecule has 0 radical (unpaired) electrons. The van der Waals surface area contributed by atoms with Crippen molar-refractivity contribution >= 4 is 0 Å². The molecule has 0 amide bonds. The van der Waals surface area contributed by atoms with E-state index in [1.807, 2.05) is 0 Å². The molecule has 1 aromatic rings. The summed E-state index contributed by atoms with van der Waals surface area (Å²) in [5.41, 5.74) is -0.206. The monoisotopic (exact) mass is 187 g/mol. The normalized spacial score (nSPS) is 10.5. The average Bonchev–Trinajstić information content (AvgIpc) is 2.52. The van der Waals surface area contributed by atoms with Crippen LogP contribution < -0.4 is 5.69 Å². The van der Waals surface area contributed by atoms with Gasteiger partial charge in [0, 0.05) is 13.2 Å². The molecule has 0 aliphatic heterocycles. The van der Waals surface area contributed by atoms with E-state index in [0.717, 1.165) is 6.42 Å². The quantitative estimate of drug-likeness (QED) is 0.558. The topological polar surface area (TPSA) is 80.1 Å². The number of aromatic nitrogens is 3. The number of aromatic amines is 1. The van der Waals surface area contributed by atoms with Crippen LogP contribution in [0.2, 0.25) is 0 Å². The second-order valence-electron chi connectivity index (χ2n) is 2.54. The van der Waals surface area contributed by atoms with Gasteiger partial charge in [-0.1, -0.05) is 0 Å². The minimum absolute atomic E-state index is 0.0334. The van der Waals surface area contributed by atoms with E-state index in [9.17, 15) is 4.79 Å². The predicted octanol–water partition coefficient (Wildman–Crippen LogP) is -1.03. The van der Waals surface area contributed by atoms with Crippen molar-refractivity contribution in [2.45, 2.75) is 13.0 Å². The van der Waals surface area contributed by atoms with E-state index < -0.39 is 0 Å². The van der Waals surface area contributed by atoms with Gasteiger partial charge in [0.2, 0.25) is 0 Å². The van der Waals surface area contributed by atoms with Crippen LogP contribution >= 0.6 is 0 Å². The Morgan fingerprint density at radius 2 is 2.46 bits per heavy atom. The summed E-state index contributed by atoms with van der Waals surface area (Å²) < 4.78 is 6.50. The lowest BCUT2D eigenvalue weighted by molar-refractivity contribution is 0.0887. The molecule has 6 nitrogen and oxygen atoms in total. The van der Waals surface area contributed by atoms with Gasteiger partial charge in [0.1, 0.15) is 6.33 Å². The van der Waals surface area contributed by atoms with Gasteiger partial charge in [0.25, 0.3) is 0 Å². The largest absolute Gasteiger partial charge is 0.394 e. The number of nitrogens with zero attached hydrogens (tertiary/aromatic N) is 2. The van der Waals surface area contributed by atoms with Crippen molar-refractivity contribution in [2.24, 2.45) is 0 Å². The van der Waals surface area contributed by atoms with Crippen molar-refractivity contribution in [3.8, 4) is 0 Å². The molecule has 0 bridgehead atoms. The SMILES string of the molecule is O=c1[nH]ncn1CCCOCCO. The first-order valence-electron chi connectivity index (χ1n) is 4.13. The first-order chi connectivity index (χ1) is 6.34. The fraction of sp³-hybridized carbons (Fsp3) is 0.714. The summed E-state index contributed by atoms with van der Waals surface area (Å²) in [4.78, 5) is 10.9. The Balaban J connectivity index is 2.13. The zero-order chi connectivity index (χ0) is 9.52. The van der Waals surface area contributed by atoms with Gasteiger partial charge in [-0.2, -0.15) is 5.10 Å². The van der Waals surface area contributed by atoms with Crippen LogP contribution in [-0.4, -0.2) is 39.7 Å². The molecule has 0 spiro atoms. The van der Waals surface area contributed by atoms with Crippen molar-refractivity contribution in [1.82, 2.24) is 14.8 Å². The first kappa shape index (κ1) is 9.94. The first-order valence-corrected chi connectivity index (χ1v) is 4.13. The summed E-state index contributed by atoms with van der Waals surface area (Å²) >= 11 is 0. The number of ether oxygens (including phenoxy) is 1. The van der Waals surface area contributed by atoms with Gasteiger partial charge < -0.3 is 9.84 Å². The fourth-order valence-electron chi connectivity index (χ4n) is 0.933. The molecular weight excluding hydrogens is 174 g/mol. The number of hydrogen-bond donors (Lipinski definition) is 2. The Morgan fingerprint density at radius 1 is 1.62 bits per heavy atom. The van der Waals surface area contributed by atoms with Crippen molar-refractivity contribution in [2.75, 3.05) is 19.8 Å². The highest BCUT2D eigenvalue weighted by Crippen LogP contribution is 1.86. The molecule has 0 aliphatic rings. The number of nitrogens with one attached hydrogen (secondary N) is 1.